The monoisotopic (exact) mass is 589 g/mol. The Bertz CT molecular complexity index is 1240. The molecule has 6 nitrogen and oxygen atoms in total. The van der Waals surface area contributed by atoms with Gasteiger partial charge in [-0.25, -0.2) is 0 Å². The summed E-state index contributed by atoms with van der Waals surface area (Å²) in [5.41, 5.74) is 1.24. The van der Waals surface area contributed by atoms with Crippen LogP contribution < -0.4 is 5.32 Å². The van der Waals surface area contributed by atoms with Gasteiger partial charge in [0.2, 0.25) is 5.91 Å². The van der Waals surface area contributed by atoms with Crippen molar-refractivity contribution in [1.82, 2.24) is 5.32 Å². The Kier molecular flexibility index (Phi) is 9.85. The highest BCUT2D eigenvalue weighted by Crippen LogP contribution is 2.56. The minimum absolute atomic E-state index is 0.0105. The third-order valence-electron chi connectivity index (χ3n) is 10.4. The third-order valence-corrected chi connectivity index (χ3v) is 10.4. The van der Waals surface area contributed by atoms with Gasteiger partial charge in [0, 0.05) is 43.1 Å². The number of piperidine rings is 1. The molecule has 4 atom stereocenters. The first kappa shape index (κ1) is 31.6. The van der Waals surface area contributed by atoms with Gasteiger partial charge in [-0.2, -0.15) is 0 Å². The quantitative estimate of drug-likeness (QED) is 0.155. The zero-order valence-electron chi connectivity index (χ0n) is 26.7. The average molecular weight is 590 g/mol. The highest BCUT2D eigenvalue weighted by Gasteiger charge is 2.65. The Balaban J connectivity index is 1.33. The number of phenolic OH excluding ortho intramolecular Hbond substituents is 1. The van der Waals surface area contributed by atoms with Crippen LogP contribution in [0, 0.1) is 11.8 Å². The van der Waals surface area contributed by atoms with Crippen LogP contribution in [0.4, 0.5) is 0 Å². The molecule has 0 radical (unpaired) electrons. The number of benzene rings is 2. The van der Waals surface area contributed by atoms with Gasteiger partial charge in [0.05, 0.1) is 19.6 Å². The number of nitrogens with one attached hydrogen (secondary N) is 1. The van der Waals surface area contributed by atoms with Crippen LogP contribution in [-0.4, -0.2) is 59.3 Å². The number of ether oxygens (including phenoxy) is 1. The Morgan fingerprint density at radius 3 is 2.51 bits per heavy atom. The number of hydrogen-bond donors (Lipinski definition) is 2. The lowest BCUT2D eigenvalue weighted by atomic mass is 9.54. The molecule has 3 aliphatic rings. The second-order valence-electron chi connectivity index (χ2n) is 14.4. The Labute approximate surface area is 258 Å². The van der Waals surface area contributed by atoms with Crippen molar-refractivity contribution < 1.29 is 23.9 Å². The number of nitrogens with zero attached hydrogens (tertiary/aromatic N) is 1. The second-order valence-corrected chi connectivity index (χ2v) is 14.4. The largest absolute Gasteiger partial charge is 0.508 e. The van der Waals surface area contributed by atoms with Crippen molar-refractivity contribution in [3.05, 3.63) is 65.7 Å². The summed E-state index contributed by atoms with van der Waals surface area (Å²) in [6, 6.07) is 18.1. The number of carbonyl (C=O) groups is 2. The summed E-state index contributed by atoms with van der Waals surface area (Å²) >= 11 is 0. The van der Waals surface area contributed by atoms with Gasteiger partial charge in [-0.1, -0.05) is 62.7 Å². The van der Waals surface area contributed by atoms with E-state index in [1.54, 1.807) is 13.0 Å². The predicted molar refractivity (Wildman–Crippen MR) is 171 cm³/mol. The summed E-state index contributed by atoms with van der Waals surface area (Å²) in [4.78, 5) is 26.0. The number of esters is 1. The molecule has 5 rings (SSSR count). The number of quaternary nitrogens is 1. The minimum Gasteiger partial charge on any atom is -0.508 e. The molecule has 6 heteroatoms. The first-order valence-electron chi connectivity index (χ1n) is 16.8. The van der Waals surface area contributed by atoms with Crippen molar-refractivity contribution in [3.8, 4) is 5.75 Å². The molecule has 234 valence electrons. The van der Waals surface area contributed by atoms with Gasteiger partial charge in [0.25, 0.3) is 0 Å². The molecule has 0 bridgehead atoms. The average Bonchev–Trinajstić information content (AvgIpc) is 3.76. The highest BCUT2D eigenvalue weighted by atomic mass is 16.6. The van der Waals surface area contributed by atoms with Crippen LogP contribution in [0.15, 0.2) is 54.6 Å². The molecule has 2 N–H and O–H groups in total. The van der Waals surface area contributed by atoms with Crippen molar-refractivity contribution in [3.63, 3.8) is 0 Å². The van der Waals surface area contributed by atoms with Crippen LogP contribution in [0.1, 0.15) is 96.1 Å². The molecule has 3 fully saturated rings. The zero-order chi connectivity index (χ0) is 30.5. The standard InChI is InChI=1S/C37H52N2O4/c1-28(2)25-39(26-31-17-18-31)22-21-36(32-14-10-15-34(41)23-32)24-33(19-20-37(36,27-39)43-29(3)40)38-35(42)16-9-5-8-13-30-11-6-4-7-12-30/h4,6-7,10-12,14-15,23,28,31,33H,5,8-9,13,16-22,24-27H2,1-3H3,(H-,38,41,42)/p+1/t33-,36-,37?,39+/m1/s1. The molecule has 43 heavy (non-hydrogen) atoms. The SMILES string of the molecule is CC(=O)OC12CC[C@@H](NC(=O)CCCCCc3ccccc3)C[C@@]1(c1cccc(O)c1)CC[N@+](CC(C)C)(CC1CC1)C2. The molecule has 1 saturated heterocycles. The number of aromatic hydroxyl groups is 1. The fourth-order valence-corrected chi connectivity index (χ4v) is 8.62. The summed E-state index contributed by atoms with van der Waals surface area (Å²) in [5.74, 6) is 1.43. The summed E-state index contributed by atoms with van der Waals surface area (Å²) in [7, 11) is 0. The van der Waals surface area contributed by atoms with Crippen LogP contribution in [0.2, 0.25) is 0 Å². The first-order valence-corrected chi connectivity index (χ1v) is 16.8. The number of fused-ring (bicyclic) bond motifs is 1. The fraction of sp³-hybridized carbons (Fsp3) is 0.622. The predicted octanol–water partition coefficient (Wildman–Crippen LogP) is 6.69. The Morgan fingerprint density at radius 2 is 1.81 bits per heavy atom. The Hall–Kier alpha value is -2.86. The van der Waals surface area contributed by atoms with Gasteiger partial charge >= 0.3 is 5.97 Å². The van der Waals surface area contributed by atoms with Crippen LogP contribution in [-0.2, 0) is 26.2 Å². The van der Waals surface area contributed by atoms with Gasteiger partial charge in [-0.05, 0) is 74.6 Å². The molecular formula is C37H53N2O4+. The molecule has 2 aliphatic carbocycles. The van der Waals surface area contributed by atoms with Gasteiger partial charge in [-0.15, -0.1) is 0 Å². The van der Waals surface area contributed by atoms with Gasteiger partial charge in [0.1, 0.15) is 12.3 Å². The first-order chi connectivity index (χ1) is 20.6. The van der Waals surface area contributed by atoms with Gasteiger partial charge < -0.3 is 19.6 Å². The van der Waals surface area contributed by atoms with Crippen LogP contribution in [0.3, 0.4) is 0 Å². The molecule has 0 aromatic heterocycles. The van der Waals surface area contributed by atoms with Gasteiger partial charge in [-0.3, -0.25) is 9.59 Å². The lowest BCUT2D eigenvalue weighted by molar-refractivity contribution is -0.945. The number of phenols is 1. The van der Waals surface area contributed by atoms with E-state index in [9.17, 15) is 14.7 Å². The maximum atomic E-state index is 13.2. The van der Waals surface area contributed by atoms with Crippen molar-refractivity contribution in [2.75, 3.05) is 26.2 Å². The van der Waals surface area contributed by atoms with E-state index in [2.05, 4.69) is 49.5 Å². The van der Waals surface area contributed by atoms with Crippen molar-refractivity contribution in [2.45, 2.75) is 108 Å². The number of hydrogen-bond acceptors (Lipinski definition) is 4. The lowest BCUT2D eigenvalue weighted by Crippen LogP contribution is -2.74. The maximum Gasteiger partial charge on any atom is 0.303 e. The zero-order valence-corrected chi connectivity index (χ0v) is 26.7. The van der Waals surface area contributed by atoms with E-state index in [4.69, 9.17) is 4.74 Å². The van der Waals surface area contributed by atoms with Crippen LogP contribution >= 0.6 is 0 Å². The fourth-order valence-electron chi connectivity index (χ4n) is 8.62. The summed E-state index contributed by atoms with van der Waals surface area (Å²) in [5, 5.41) is 14.0. The van der Waals surface area contributed by atoms with E-state index in [0.717, 1.165) is 80.7 Å². The molecule has 1 amide bonds. The molecule has 0 spiro atoms. The molecule has 1 aliphatic heterocycles. The van der Waals surface area contributed by atoms with Gasteiger partial charge in [0.15, 0.2) is 5.60 Å². The molecule has 1 unspecified atom stereocenters. The summed E-state index contributed by atoms with van der Waals surface area (Å²) < 4.78 is 7.55. The van der Waals surface area contributed by atoms with E-state index in [1.807, 2.05) is 18.2 Å². The number of aryl methyl sites for hydroxylation is 1. The topological polar surface area (TPSA) is 75.6 Å². The number of likely N-dealkylation sites (tertiary alicyclic amines) is 1. The number of unbranched alkanes of at least 4 members (excludes halogenated alkanes) is 2. The maximum absolute atomic E-state index is 13.2. The van der Waals surface area contributed by atoms with E-state index in [-0.39, 0.29) is 23.7 Å². The number of rotatable bonds is 13. The van der Waals surface area contributed by atoms with Crippen LogP contribution in [0.5, 0.6) is 5.75 Å². The third kappa shape index (κ3) is 7.63. The molecule has 2 aromatic rings. The molecular weight excluding hydrogens is 536 g/mol. The highest BCUT2D eigenvalue weighted by molar-refractivity contribution is 5.76. The van der Waals surface area contributed by atoms with Crippen molar-refractivity contribution in [1.29, 1.82) is 0 Å². The van der Waals surface area contributed by atoms with E-state index >= 15 is 0 Å². The molecule has 1 heterocycles. The Morgan fingerprint density at radius 1 is 1.02 bits per heavy atom. The summed E-state index contributed by atoms with van der Waals surface area (Å²) in [6.45, 7) is 10.2. The van der Waals surface area contributed by atoms with E-state index in [1.165, 1.54) is 18.4 Å². The van der Waals surface area contributed by atoms with Crippen molar-refractivity contribution in [2.24, 2.45) is 11.8 Å². The normalized spacial score (nSPS) is 28.7. The number of amides is 1. The molecule has 2 aromatic carbocycles. The lowest BCUT2D eigenvalue weighted by Gasteiger charge is -2.62. The van der Waals surface area contributed by atoms with Crippen LogP contribution in [0.25, 0.3) is 0 Å². The smallest absolute Gasteiger partial charge is 0.303 e. The molecule has 2 saturated carbocycles. The van der Waals surface area contributed by atoms with E-state index < -0.39 is 11.0 Å². The second kappa shape index (κ2) is 13.4. The minimum atomic E-state index is -0.673. The van der Waals surface area contributed by atoms with E-state index in [0.29, 0.717) is 25.2 Å². The summed E-state index contributed by atoms with van der Waals surface area (Å²) in [6.07, 6.45) is 10.3. The number of carbonyl (C=O) groups excluding carboxylic acids is 2. The van der Waals surface area contributed by atoms with Crippen molar-refractivity contribution >= 4 is 11.9 Å².